The van der Waals surface area contributed by atoms with Crippen LogP contribution in [0.4, 0.5) is 0 Å². The molecule has 0 aliphatic carbocycles. The zero-order chi connectivity index (χ0) is 12.6. The van der Waals surface area contributed by atoms with Gasteiger partial charge in [-0.2, -0.15) is 0 Å². The van der Waals surface area contributed by atoms with Crippen LogP contribution in [0.2, 0.25) is 0 Å². The van der Waals surface area contributed by atoms with Gasteiger partial charge in [0.2, 0.25) is 0 Å². The smallest absolute Gasteiger partial charge is 0.0192 e. The molecule has 2 N–H and O–H groups in total. The second kappa shape index (κ2) is 8.10. The second-order valence-electron chi connectivity index (χ2n) is 5.58. The molecule has 0 amide bonds. The normalized spacial score (nSPS) is 23.1. The summed E-state index contributed by atoms with van der Waals surface area (Å²) in [5.74, 6) is 0. The fourth-order valence-electron chi connectivity index (χ4n) is 2.92. The van der Waals surface area contributed by atoms with Crippen LogP contribution in [0.5, 0.6) is 0 Å². The third-order valence-electron chi connectivity index (χ3n) is 4.67. The number of rotatable bonds is 6. The van der Waals surface area contributed by atoms with Gasteiger partial charge in [0.25, 0.3) is 0 Å². The van der Waals surface area contributed by atoms with E-state index in [1.807, 2.05) is 0 Å². The maximum absolute atomic E-state index is 3.84. The molecular weight excluding hydrogens is 208 g/mol. The van der Waals surface area contributed by atoms with E-state index < -0.39 is 0 Å². The highest BCUT2D eigenvalue weighted by Gasteiger charge is 2.24. The molecule has 1 fully saturated rings. The summed E-state index contributed by atoms with van der Waals surface area (Å²) in [4.78, 5) is 0. The van der Waals surface area contributed by atoms with E-state index in [-0.39, 0.29) is 0 Å². The number of hydrogen-bond acceptors (Lipinski definition) is 2. The van der Waals surface area contributed by atoms with Gasteiger partial charge in [-0.15, -0.1) is 0 Å². The van der Waals surface area contributed by atoms with E-state index in [0.29, 0.717) is 11.6 Å². The lowest BCUT2D eigenvalue weighted by Crippen LogP contribution is -2.50. The zero-order valence-corrected chi connectivity index (χ0v) is 12.1. The van der Waals surface area contributed by atoms with Crippen molar-refractivity contribution in [2.75, 3.05) is 13.1 Å². The summed E-state index contributed by atoms with van der Waals surface area (Å²) in [5.41, 5.74) is 0.379. The Hall–Kier alpha value is -0.0800. The van der Waals surface area contributed by atoms with Gasteiger partial charge in [0.05, 0.1) is 0 Å². The summed E-state index contributed by atoms with van der Waals surface area (Å²) in [7, 11) is 0. The highest BCUT2D eigenvalue weighted by molar-refractivity contribution is 4.86. The van der Waals surface area contributed by atoms with E-state index in [2.05, 4.69) is 31.4 Å². The minimum absolute atomic E-state index is 0.379. The molecule has 1 aliphatic rings. The van der Waals surface area contributed by atoms with Crippen LogP contribution in [0.25, 0.3) is 0 Å². The first-order chi connectivity index (χ1) is 8.26. The van der Waals surface area contributed by atoms with Crippen LogP contribution in [-0.2, 0) is 0 Å². The Balaban J connectivity index is 2.35. The van der Waals surface area contributed by atoms with Crippen molar-refractivity contribution < 1.29 is 0 Å². The fourth-order valence-corrected chi connectivity index (χ4v) is 2.92. The molecular formula is C15H32N2. The van der Waals surface area contributed by atoms with Crippen molar-refractivity contribution in [3.8, 4) is 0 Å². The van der Waals surface area contributed by atoms with Crippen LogP contribution < -0.4 is 10.6 Å². The second-order valence-corrected chi connectivity index (χ2v) is 5.58. The largest absolute Gasteiger partial charge is 0.313 e. The number of hydrogen-bond donors (Lipinski definition) is 2. The van der Waals surface area contributed by atoms with Gasteiger partial charge < -0.3 is 10.6 Å². The molecule has 1 heterocycles. The molecule has 1 saturated heterocycles. The quantitative estimate of drug-likeness (QED) is 0.743. The lowest BCUT2D eigenvalue weighted by atomic mass is 9.89. The van der Waals surface area contributed by atoms with Crippen LogP contribution >= 0.6 is 0 Å². The Bertz CT molecular complexity index is 171. The topological polar surface area (TPSA) is 24.1 Å². The molecule has 0 aromatic rings. The summed E-state index contributed by atoms with van der Waals surface area (Å²) in [6.07, 6.45) is 10.7. The molecule has 0 radical (unpaired) electrons. The third-order valence-corrected chi connectivity index (χ3v) is 4.67. The summed E-state index contributed by atoms with van der Waals surface area (Å²) < 4.78 is 0. The number of nitrogens with one attached hydrogen (secondary N) is 2. The molecule has 1 atom stereocenters. The van der Waals surface area contributed by atoms with Gasteiger partial charge >= 0.3 is 0 Å². The van der Waals surface area contributed by atoms with Crippen LogP contribution in [0.1, 0.15) is 72.1 Å². The molecule has 0 aromatic carbocycles. The van der Waals surface area contributed by atoms with E-state index in [9.17, 15) is 0 Å². The van der Waals surface area contributed by atoms with Crippen molar-refractivity contribution >= 4 is 0 Å². The Morgan fingerprint density at radius 3 is 2.29 bits per heavy atom. The van der Waals surface area contributed by atoms with Gasteiger partial charge in [0.1, 0.15) is 0 Å². The molecule has 0 saturated carbocycles. The van der Waals surface area contributed by atoms with Crippen LogP contribution in [0.15, 0.2) is 0 Å². The lowest BCUT2D eigenvalue weighted by Gasteiger charge is -2.34. The van der Waals surface area contributed by atoms with Crippen molar-refractivity contribution in [3.05, 3.63) is 0 Å². The molecule has 102 valence electrons. The maximum Gasteiger partial charge on any atom is 0.0192 e. The van der Waals surface area contributed by atoms with E-state index in [4.69, 9.17) is 0 Å². The molecule has 2 heteroatoms. The maximum atomic E-state index is 3.84. The van der Waals surface area contributed by atoms with Crippen molar-refractivity contribution in [1.29, 1.82) is 0 Å². The van der Waals surface area contributed by atoms with E-state index >= 15 is 0 Å². The van der Waals surface area contributed by atoms with Gasteiger partial charge in [-0.05, 0) is 38.6 Å². The lowest BCUT2D eigenvalue weighted by molar-refractivity contribution is 0.267. The minimum Gasteiger partial charge on any atom is -0.313 e. The molecule has 1 unspecified atom stereocenters. The van der Waals surface area contributed by atoms with Crippen molar-refractivity contribution in [2.45, 2.75) is 83.7 Å². The third kappa shape index (κ3) is 4.97. The van der Waals surface area contributed by atoms with Crippen molar-refractivity contribution in [1.82, 2.24) is 10.6 Å². The van der Waals surface area contributed by atoms with Gasteiger partial charge in [-0.25, -0.2) is 0 Å². The predicted octanol–water partition coefficient (Wildman–Crippen LogP) is 3.47. The monoisotopic (exact) mass is 240 g/mol. The fraction of sp³-hybridized carbons (Fsp3) is 1.00. The van der Waals surface area contributed by atoms with Gasteiger partial charge in [-0.3, -0.25) is 0 Å². The Kier molecular flexibility index (Phi) is 7.14. The first kappa shape index (κ1) is 15.0. The predicted molar refractivity (Wildman–Crippen MR) is 76.5 cm³/mol. The van der Waals surface area contributed by atoms with Crippen LogP contribution in [0.3, 0.4) is 0 Å². The van der Waals surface area contributed by atoms with Gasteiger partial charge in [-0.1, -0.05) is 40.0 Å². The Labute approximate surface area is 108 Å². The first-order valence-electron chi connectivity index (χ1n) is 7.74. The average molecular weight is 240 g/mol. The first-order valence-corrected chi connectivity index (χ1v) is 7.74. The van der Waals surface area contributed by atoms with Crippen molar-refractivity contribution in [2.24, 2.45) is 0 Å². The summed E-state index contributed by atoms with van der Waals surface area (Å²) in [6, 6.07) is 0.694. The molecule has 1 rings (SSSR count). The average Bonchev–Trinajstić information content (AvgIpc) is 2.33. The Morgan fingerprint density at radius 2 is 1.65 bits per heavy atom. The zero-order valence-electron chi connectivity index (χ0n) is 12.1. The minimum atomic E-state index is 0.379. The van der Waals surface area contributed by atoms with Crippen molar-refractivity contribution in [3.63, 3.8) is 0 Å². The molecule has 1 aliphatic heterocycles. The van der Waals surface area contributed by atoms with Crippen LogP contribution in [0, 0.1) is 0 Å². The van der Waals surface area contributed by atoms with E-state index in [0.717, 1.165) is 6.54 Å². The molecule has 0 bridgehead atoms. The van der Waals surface area contributed by atoms with Gasteiger partial charge in [0.15, 0.2) is 0 Å². The summed E-state index contributed by atoms with van der Waals surface area (Å²) in [6.45, 7) is 9.29. The SMILES string of the molecule is CCC(CC)(CC)NCC1CCCCCCN1. The molecule has 0 spiro atoms. The molecule has 2 nitrogen and oxygen atoms in total. The van der Waals surface area contributed by atoms with Gasteiger partial charge in [0, 0.05) is 18.1 Å². The summed E-state index contributed by atoms with van der Waals surface area (Å²) in [5, 5.41) is 7.54. The highest BCUT2D eigenvalue weighted by atomic mass is 15.0. The Morgan fingerprint density at radius 1 is 1.00 bits per heavy atom. The van der Waals surface area contributed by atoms with E-state index in [1.54, 1.807) is 0 Å². The highest BCUT2D eigenvalue weighted by Crippen LogP contribution is 2.19. The molecule has 17 heavy (non-hydrogen) atoms. The van der Waals surface area contributed by atoms with E-state index in [1.165, 1.54) is 57.9 Å². The molecule has 0 aromatic heterocycles. The standard InChI is InChI=1S/C15H32N2/c1-4-15(5-2,6-3)17-13-14-11-9-7-8-10-12-16-14/h14,16-17H,4-13H2,1-3H3. The van der Waals surface area contributed by atoms with Crippen LogP contribution in [-0.4, -0.2) is 24.7 Å². The summed E-state index contributed by atoms with van der Waals surface area (Å²) >= 11 is 0.